The lowest BCUT2D eigenvalue weighted by atomic mass is 10.1. The third kappa shape index (κ3) is 4.92. The van der Waals surface area contributed by atoms with E-state index in [4.69, 9.17) is 26.1 Å². The largest absolute Gasteiger partial charge is 0.444 e. The fourth-order valence-electron chi connectivity index (χ4n) is 4.75. The van der Waals surface area contributed by atoms with Gasteiger partial charge in [0.1, 0.15) is 23.6 Å². The van der Waals surface area contributed by atoms with Crippen LogP contribution in [0.2, 0.25) is 5.02 Å². The SMILES string of the molecule is C[C@H]1CN(C(=O)OC(C)(C)C)CCN1c1ncnc2c1c(N1CCOCC1)cn2-c1cc(Cl)ccn1. The number of fused-ring (bicyclic) bond motifs is 1. The normalized spacial score (nSPS) is 19.1. The molecule has 2 aliphatic rings. The number of hydrogen-bond acceptors (Lipinski definition) is 8. The number of nitrogens with zero attached hydrogens (tertiary/aromatic N) is 7. The molecule has 3 aromatic rings. The van der Waals surface area contributed by atoms with Crippen LogP contribution in [0.25, 0.3) is 16.9 Å². The topological polar surface area (TPSA) is 88.9 Å². The maximum atomic E-state index is 12.7. The van der Waals surface area contributed by atoms with Gasteiger partial charge in [-0.1, -0.05) is 11.6 Å². The summed E-state index contributed by atoms with van der Waals surface area (Å²) in [4.78, 5) is 33.0. The van der Waals surface area contributed by atoms with E-state index in [1.165, 1.54) is 0 Å². The molecule has 2 fully saturated rings. The molecule has 5 rings (SSSR count). The highest BCUT2D eigenvalue weighted by atomic mass is 35.5. The Morgan fingerprint density at radius 1 is 1.14 bits per heavy atom. The van der Waals surface area contributed by atoms with Crippen LogP contribution in [-0.2, 0) is 9.47 Å². The Morgan fingerprint density at radius 3 is 2.61 bits per heavy atom. The molecule has 0 N–H and O–H groups in total. The molecule has 0 radical (unpaired) electrons. The van der Waals surface area contributed by atoms with Crippen molar-refractivity contribution in [2.75, 3.05) is 55.7 Å². The van der Waals surface area contributed by atoms with E-state index in [0.29, 0.717) is 43.7 Å². The summed E-state index contributed by atoms with van der Waals surface area (Å²) in [6.07, 6.45) is 5.07. The van der Waals surface area contributed by atoms with E-state index in [1.807, 2.05) is 31.4 Å². The highest BCUT2D eigenvalue weighted by Crippen LogP contribution is 2.37. The van der Waals surface area contributed by atoms with E-state index < -0.39 is 5.60 Å². The van der Waals surface area contributed by atoms with Crippen molar-refractivity contribution in [2.24, 2.45) is 0 Å². The van der Waals surface area contributed by atoms with E-state index in [1.54, 1.807) is 23.5 Å². The summed E-state index contributed by atoms with van der Waals surface area (Å²) < 4.78 is 13.2. The van der Waals surface area contributed by atoms with Gasteiger partial charge in [0.15, 0.2) is 5.65 Å². The lowest BCUT2D eigenvalue weighted by molar-refractivity contribution is 0.0218. The van der Waals surface area contributed by atoms with Crippen molar-refractivity contribution >= 4 is 40.2 Å². The maximum Gasteiger partial charge on any atom is 0.410 e. The van der Waals surface area contributed by atoms with Crippen molar-refractivity contribution in [3.05, 3.63) is 35.9 Å². The van der Waals surface area contributed by atoms with Gasteiger partial charge in [-0.25, -0.2) is 19.7 Å². The van der Waals surface area contributed by atoms with Gasteiger partial charge in [0.25, 0.3) is 0 Å². The number of pyridine rings is 1. The van der Waals surface area contributed by atoms with E-state index in [-0.39, 0.29) is 12.1 Å². The molecule has 0 saturated carbocycles. The van der Waals surface area contributed by atoms with Crippen LogP contribution in [0.5, 0.6) is 0 Å². The molecular weight excluding hydrogens is 482 g/mol. The minimum absolute atomic E-state index is 0.0366. The number of anilines is 2. The number of amides is 1. The van der Waals surface area contributed by atoms with Crippen molar-refractivity contribution in [1.29, 1.82) is 0 Å². The Bertz CT molecular complexity index is 1250. The first-order valence-electron chi connectivity index (χ1n) is 12.3. The fourth-order valence-corrected chi connectivity index (χ4v) is 4.91. The average Bonchev–Trinajstić information content (AvgIpc) is 3.24. The Balaban J connectivity index is 1.54. The molecule has 0 aromatic carbocycles. The number of morpholine rings is 1. The molecule has 1 amide bonds. The van der Waals surface area contributed by atoms with Crippen LogP contribution in [0.15, 0.2) is 30.9 Å². The van der Waals surface area contributed by atoms with Gasteiger partial charge >= 0.3 is 6.09 Å². The minimum Gasteiger partial charge on any atom is -0.444 e. The van der Waals surface area contributed by atoms with Gasteiger partial charge in [-0.05, 0) is 33.8 Å². The quantitative estimate of drug-likeness (QED) is 0.523. The summed E-state index contributed by atoms with van der Waals surface area (Å²) in [5, 5.41) is 1.56. The number of halogens is 1. The minimum atomic E-state index is -0.527. The molecule has 5 heterocycles. The zero-order valence-electron chi connectivity index (χ0n) is 21.1. The molecule has 0 aliphatic carbocycles. The number of rotatable bonds is 3. The number of hydrogen-bond donors (Lipinski definition) is 0. The van der Waals surface area contributed by atoms with Crippen molar-refractivity contribution in [1.82, 2.24) is 24.4 Å². The predicted octanol–water partition coefficient (Wildman–Crippen LogP) is 3.75. The van der Waals surface area contributed by atoms with Crippen LogP contribution in [0.4, 0.5) is 16.3 Å². The molecular formula is C25H32ClN7O3. The Kier molecular flexibility index (Phi) is 6.65. The number of carbonyl (C=O) groups is 1. The number of piperazine rings is 1. The van der Waals surface area contributed by atoms with Crippen LogP contribution in [0.1, 0.15) is 27.7 Å². The first-order chi connectivity index (χ1) is 17.2. The smallest absolute Gasteiger partial charge is 0.410 e. The van der Waals surface area contributed by atoms with E-state index >= 15 is 0 Å². The van der Waals surface area contributed by atoms with Crippen LogP contribution in [0.3, 0.4) is 0 Å². The van der Waals surface area contributed by atoms with Gasteiger partial charge in [-0.3, -0.25) is 4.57 Å². The van der Waals surface area contributed by atoms with Crippen molar-refractivity contribution < 1.29 is 14.3 Å². The maximum absolute atomic E-state index is 12.7. The van der Waals surface area contributed by atoms with Gasteiger partial charge in [0.2, 0.25) is 0 Å². The molecule has 10 nitrogen and oxygen atoms in total. The zero-order valence-corrected chi connectivity index (χ0v) is 21.9. The van der Waals surface area contributed by atoms with Gasteiger partial charge in [-0.15, -0.1) is 0 Å². The summed E-state index contributed by atoms with van der Waals surface area (Å²) >= 11 is 6.29. The molecule has 11 heteroatoms. The molecule has 192 valence electrons. The van der Waals surface area contributed by atoms with Crippen LogP contribution in [0, 0.1) is 0 Å². The molecule has 0 bridgehead atoms. The summed E-state index contributed by atoms with van der Waals surface area (Å²) in [5.74, 6) is 1.54. The number of carbonyl (C=O) groups excluding carboxylic acids is 1. The lowest BCUT2D eigenvalue weighted by Gasteiger charge is -2.41. The summed E-state index contributed by atoms with van der Waals surface area (Å²) in [6, 6.07) is 3.62. The molecule has 0 spiro atoms. The Hall–Kier alpha value is -3.11. The summed E-state index contributed by atoms with van der Waals surface area (Å²) in [5.41, 5.74) is 1.27. The molecule has 2 saturated heterocycles. The second kappa shape index (κ2) is 9.74. The molecule has 0 unspecified atom stereocenters. The highest BCUT2D eigenvalue weighted by molar-refractivity contribution is 6.30. The molecule has 1 atom stereocenters. The Morgan fingerprint density at radius 2 is 1.92 bits per heavy atom. The third-order valence-electron chi connectivity index (χ3n) is 6.40. The second-order valence-electron chi connectivity index (χ2n) is 10.2. The molecule has 36 heavy (non-hydrogen) atoms. The van der Waals surface area contributed by atoms with Crippen LogP contribution in [-0.4, -0.2) is 88.1 Å². The van der Waals surface area contributed by atoms with Gasteiger partial charge in [0, 0.05) is 62.2 Å². The van der Waals surface area contributed by atoms with Gasteiger partial charge < -0.3 is 24.2 Å². The molecule has 3 aromatic heterocycles. The van der Waals surface area contributed by atoms with Gasteiger partial charge in [-0.2, -0.15) is 0 Å². The van der Waals surface area contributed by atoms with Crippen LogP contribution < -0.4 is 9.80 Å². The van der Waals surface area contributed by atoms with Crippen molar-refractivity contribution in [2.45, 2.75) is 39.3 Å². The highest BCUT2D eigenvalue weighted by Gasteiger charge is 2.33. The average molecular weight is 514 g/mol. The standard InChI is InChI=1S/C25H32ClN7O3/c1-17-14-31(24(34)36-25(2,3)4)7-8-32(17)22-21-19(30-9-11-35-12-10-30)15-33(23(21)29-16-28-22)20-13-18(26)5-6-27-20/h5-6,13,15-17H,7-12,14H2,1-4H3/t17-/m0/s1. The zero-order chi connectivity index (χ0) is 25.4. The summed E-state index contributed by atoms with van der Waals surface area (Å²) in [7, 11) is 0. The molecule has 2 aliphatic heterocycles. The number of aromatic nitrogens is 4. The first-order valence-corrected chi connectivity index (χ1v) is 12.6. The summed E-state index contributed by atoms with van der Waals surface area (Å²) in [6.45, 7) is 12.4. The number of ether oxygens (including phenoxy) is 2. The van der Waals surface area contributed by atoms with Crippen LogP contribution >= 0.6 is 11.6 Å². The Labute approximate surface area is 215 Å². The fraction of sp³-hybridized carbons (Fsp3) is 0.520. The van der Waals surface area contributed by atoms with E-state index in [2.05, 4.69) is 32.9 Å². The van der Waals surface area contributed by atoms with Crippen molar-refractivity contribution in [3.63, 3.8) is 0 Å². The van der Waals surface area contributed by atoms with E-state index in [9.17, 15) is 4.79 Å². The second-order valence-corrected chi connectivity index (χ2v) is 10.6. The monoisotopic (exact) mass is 513 g/mol. The third-order valence-corrected chi connectivity index (χ3v) is 6.64. The van der Waals surface area contributed by atoms with Gasteiger partial charge in [0.05, 0.1) is 24.3 Å². The lowest BCUT2D eigenvalue weighted by Crippen LogP contribution is -2.55. The first kappa shape index (κ1) is 24.6. The van der Waals surface area contributed by atoms with Crippen molar-refractivity contribution in [3.8, 4) is 5.82 Å². The predicted molar refractivity (Wildman–Crippen MR) is 139 cm³/mol. The van der Waals surface area contributed by atoms with E-state index in [0.717, 1.165) is 35.6 Å².